The molecule has 45 heavy (non-hydrogen) atoms. The van der Waals surface area contributed by atoms with E-state index in [1.807, 2.05) is 12.1 Å². The molecule has 0 fully saturated rings. The summed E-state index contributed by atoms with van der Waals surface area (Å²) in [6.45, 7) is 5.96. The fraction of sp³-hybridized carbons (Fsp3) is 0.235. The molecule has 1 aliphatic rings. The van der Waals surface area contributed by atoms with Crippen molar-refractivity contribution in [3.63, 3.8) is 0 Å². The maximum absolute atomic E-state index is 13.0. The zero-order valence-electron chi connectivity index (χ0n) is 25.5. The first-order chi connectivity index (χ1) is 21.4. The number of carbonyl (C=O) groups excluding carboxylic acids is 2. The quantitative estimate of drug-likeness (QED) is 0.144. The van der Waals surface area contributed by atoms with E-state index < -0.39 is 27.5 Å². The van der Waals surface area contributed by atoms with Crippen LogP contribution in [0.4, 0.5) is 5.69 Å². The Morgan fingerprint density at radius 3 is 2.38 bits per heavy atom. The van der Waals surface area contributed by atoms with Crippen molar-refractivity contribution < 1.29 is 37.8 Å². The van der Waals surface area contributed by atoms with Gasteiger partial charge in [-0.25, -0.2) is 13.2 Å². The number of anilines is 1. The number of carbonyl (C=O) groups is 2. The molecule has 3 aromatic rings. The Morgan fingerprint density at radius 2 is 1.78 bits per heavy atom. The lowest BCUT2D eigenvalue weighted by atomic mass is 9.96. The molecular formula is C34H36N2O8S. The van der Waals surface area contributed by atoms with E-state index in [0.717, 1.165) is 17.5 Å². The number of hydroxylamine groups is 1. The van der Waals surface area contributed by atoms with Crippen molar-refractivity contribution in [3.05, 3.63) is 107 Å². The summed E-state index contributed by atoms with van der Waals surface area (Å²) < 4.78 is 36.8. The SMILES string of the molecule is CCC(C)c1ccc(Oc2cc(C(NO)=C3C=CC(C(=O)OC)=CC3)c(O)cc2NC(=O)CS(=O)(=O)c2cccc(C)c2)cc1. The highest BCUT2D eigenvalue weighted by atomic mass is 32.2. The van der Waals surface area contributed by atoms with Gasteiger partial charge in [-0.2, -0.15) is 0 Å². The van der Waals surface area contributed by atoms with Crippen molar-refractivity contribution in [2.45, 2.75) is 44.4 Å². The van der Waals surface area contributed by atoms with Crippen molar-refractivity contribution in [2.24, 2.45) is 0 Å². The molecule has 0 radical (unpaired) electrons. The van der Waals surface area contributed by atoms with Crippen LogP contribution in [0, 0.1) is 6.92 Å². The highest BCUT2D eigenvalue weighted by Gasteiger charge is 2.23. The molecule has 0 saturated carbocycles. The van der Waals surface area contributed by atoms with Crippen molar-refractivity contribution >= 4 is 33.1 Å². The molecule has 0 aliphatic heterocycles. The second kappa shape index (κ2) is 14.3. The summed E-state index contributed by atoms with van der Waals surface area (Å²) in [6.07, 6.45) is 5.93. The fourth-order valence-electron chi connectivity index (χ4n) is 4.73. The van der Waals surface area contributed by atoms with Gasteiger partial charge in [-0.15, -0.1) is 0 Å². The number of aryl methyl sites for hydroxylation is 1. The van der Waals surface area contributed by atoms with Gasteiger partial charge in [0.25, 0.3) is 0 Å². The summed E-state index contributed by atoms with van der Waals surface area (Å²) in [5.74, 6) is -1.68. The first kappa shape index (κ1) is 33.0. The third-order valence-electron chi connectivity index (χ3n) is 7.46. The zero-order valence-corrected chi connectivity index (χ0v) is 26.3. The van der Waals surface area contributed by atoms with E-state index in [2.05, 4.69) is 24.6 Å². The Hall–Kier alpha value is -4.87. The van der Waals surface area contributed by atoms with Gasteiger partial charge in [0.05, 0.1) is 29.0 Å². The normalized spacial score (nSPS) is 14.6. The Morgan fingerprint density at radius 1 is 1.04 bits per heavy atom. The van der Waals surface area contributed by atoms with E-state index >= 15 is 0 Å². The molecule has 0 bridgehead atoms. The molecule has 1 unspecified atom stereocenters. The minimum atomic E-state index is -3.96. The Balaban J connectivity index is 1.71. The third-order valence-corrected chi connectivity index (χ3v) is 9.07. The number of sulfone groups is 1. The predicted octanol–water partition coefficient (Wildman–Crippen LogP) is 6.17. The number of allylic oxidation sites excluding steroid dienone is 3. The van der Waals surface area contributed by atoms with Crippen LogP contribution < -0.4 is 15.5 Å². The van der Waals surface area contributed by atoms with E-state index in [-0.39, 0.29) is 39.8 Å². The molecule has 10 nitrogen and oxygen atoms in total. The van der Waals surface area contributed by atoms with Gasteiger partial charge in [0, 0.05) is 11.6 Å². The lowest BCUT2D eigenvalue weighted by Crippen LogP contribution is -2.23. The summed E-state index contributed by atoms with van der Waals surface area (Å²) in [6, 6.07) is 16.3. The highest BCUT2D eigenvalue weighted by Crippen LogP contribution is 2.40. The average molecular weight is 633 g/mol. The molecule has 0 heterocycles. The minimum absolute atomic E-state index is 0.0149. The Bertz CT molecular complexity index is 1790. The number of phenolic OH excluding ortho intramolecular Hbond substituents is 1. The minimum Gasteiger partial charge on any atom is -0.507 e. The van der Waals surface area contributed by atoms with Crippen molar-refractivity contribution in [2.75, 3.05) is 18.2 Å². The number of methoxy groups -OCH3 is 1. The molecule has 0 spiro atoms. The summed E-state index contributed by atoms with van der Waals surface area (Å²) in [4.78, 5) is 24.9. The molecule has 4 rings (SSSR count). The lowest BCUT2D eigenvalue weighted by Gasteiger charge is -2.19. The maximum Gasteiger partial charge on any atom is 0.337 e. The number of hydrogen-bond acceptors (Lipinski definition) is 9. The van der Waals surface area contributed by atoms with Crippen molar-refractivity contribution in [1.82, 2.24) is 5.48 Å². The van der Waals surface area contributed by atoms with Crippen LogP contribution in [0.25, 0.3) is 5.70 Å². The smallest absolute Gasteiger partial charge is 0.337 e. The standard InChI is InChI=1S/C34H36N2O8S/c1-5-22(3)23-13-15-26(16-14-23)44-31-18-28(33(36-40)24-9-11-25(12-10-24)34(39)43-4)30(37)19-29(31)35-32(38)20-45(41,42)27-8-6-7-21(2)17-27/h6-9,11-19,22,36-37,40H,5,10,20H2,1-4H3,(H,35,38). The second-order valence-electron chi connectivity index (χ2n) is 10.7. The number of nitrogens with one attached hydrogen (secondary N) is 2. The van der Waals surface area contributed by atoms with Gasteiger partial charge in [0.1, 0.15) is 17.3 Å². The molecule has 4 N–H and O–H groups in total. The first-order valence-corrected chi connectivity index (χ1v) is 15.9. The lowest BCUT2D eigenvalue weighted by molar-refractivity contribution is -0.135. The predicted molar refractivity (Wildman–Crippen MR) is 171 cm³/mol. The van der Waals surface area contributed by atoms with Gasteiger partial charge in [0.2, 0.25) is 5.91 Å². The Kier molecular flexibility index (Phi) is 10.5. The zero-order chi connectivity index (χ0) is 32.7. The van der Waals surface area contributed by atoms with E-state index in [4.69, 9.17) is 9.47 Å². The van der Waals surface area contributed by atoms with Gasteiger partial charge in [0.15, 0.2) is 15.6 Å². The molecule has 1 atom stereocenters. The largest absolute Gasteiger partial charge is 0.507 e. The van der Waals surface area contributed by atoms with Crippen LogP contribution in [0.15, 0.2) is 94.9 Å². The molecule has 0 saturated heterocycles. The molecule has 3 aromatic carbocycles. The topological polar surface area (TPSA) is 151 Å². The number of esters is 1. The molecule has 0 aromatic heterocycles. The summed E-state index contributed by atoms with van der Waals surface area (Å²) in [7, 11) is -2.69. The number of hydrogen-bond donors (Lipinski definition) is 4. The average Bonchev–Trinajstić information content (AvgIpc) is 3.03. The van der Waals surface area contributed by atoms with Gasteiger partial charge in [-0.1, -0.05) is 50.3 Å². The maximum atomic E-state index is 13.0. The Labute approximate surface area is 262 Å². The van der Waals surface area contributed by atoms with Crippen LogP contribution in [0.1, 0.15) is 49.3 Å². The highest BCUT2D eigenvalue weighted by molar-refractivity contribution is 7.92. The van der Waals surface area contributed by atoms with E-state index in [1.54, 1.807) is 43.3 Å². The van der Waals surface area contributed by atoms with Crippen LogP contribution >= 0.6 is 0 Å². The van der Waals surface area contributed by atoms with Gasteiger partial charge >= 0.3 is 5.97 Å². The molecular weight excluding hydrogens is 596 g/mol. The third kappa shape index (κ3) is 8.00. The van der Waals surface area contributed by atoms with Crippen LogP contribution in [0.5, 0.6) is 17.2 Å². The van der Waals surface area contributed by atoms with Crippen molar-refractivity contribution in [3.8, 4) is 17.2 Å². The van der Waals surface area contributed by atoms with Crippen LogP contribution in [0.3, 0.4) is 0 Å². The monoisotopic (exact) mass is 632 g/mol. The summed E-state index contributed by atoms with van der Waals surface area (Å²) in [5, 5.41) is 23.7. The number of aromatic hydroxyl groups is 1. The summed E-state index contributed by atoms with van der Waals surface area (Å²) >= 11 is 0. The molecule has 236 valence electrons. The molecule has 11 heteroatoms. The number of amides is 1. The first-order valence-electron chi connectivity index (χ1n) is 14.3. The summed E-state index contributed by atoms with van der Waals surface area (Å²) in [5.41, 5.74) is 5.11. The number of rotatable bonds is 11. The van der Waals surface area contributed by atoms with Gasteiger partial charge in [-0.3, -0.25) is 15.5 Å². The van der Waals surface area contributed by atoms with E-state index in [9.17, 15) is 28.3 Å². The number of benzene rings is 3. The molecule has 1 amide bonds. The van der Waals surface area contributed by atoms with Crippen molar-refractivity contribution in [1.29, 1.82) is 0 Å². The van der Waals surface area contributed by atoms with Crippen LogP contribution in [0.2, 0.25) is 0 Å². The second-order valence-corrected chi connectivity index (χ2v) is 12.7. The van der Waals surface area contributed by atoms with Crippen LogP contribution in [-0.4, -0.2) is 43.5 Å². The van der Waals surface area contributed by atoms with E-state index in [1.165, 1.54) is 37.5 Å². The molecule has 1 aliphatic carbocycles. The van der Waals surface area contributed by atoms with Gasteiger partial charge in [-0.05, 0) is 78.8 Å². The number of phenols is 1. The van der Waals surface area contributed by atoms with E-state index in [0.29, 0.717) is 22.8 Å². The number of ether oxygens (including phenoxy) is 2. The fourth-order valence-corrected chi connectivity index (χ4v) is 5.97. The van der Waals surface area contributed by atoms with Gasteiger partial charge < -0.3 is 19.9 Å². The van der Waals surface area contributed by atoms with Crippen LogP contribution in [-0.2, 0) is 24.2 Å².